The average Bonchev–Trinajstić information content (AvgIpc) is 2.54. The number of carbonyl (C=O) groups is 2. The first-order chi connectivity index (χ1) is 8.86. The lowest BCUT2D eigenvalue weighted by molar-refractivity contribution is 0.100. The summed E-state index contributed by atoms with van der Waals surface area (Å²) < 4.78 is 4.79. The molecule has 1 heterocycles. The van der Waals surface area contributed by atoms with Gasteiger partial charge < -0.3 is 15.5 Å². The average molecular weight is 267 g/mol. The highest BCUT2D eigenvalue weighted by Crippen LogP contribution is 2.24. The van der Waals surface area contributed by atoms with Crippen molar-refractivity contribution in [2.24, 2.45) is 11.7 Å². The summed E-state index contributed by atoms with van der Waals surface area (Å²) in [6.07, 6.45) is 0.165. The van der Waals surface area contributed by atoms with Gasteiger partial charge in [0.1, 0.15) is 5.82 Å². The number of hydrogen-bond acceptors (Lipinski definition) is 3. The molecule has 0 aliphatic rings. The Morgan fingerprint density at radius 3 is 2.53 bits per heavy atom. The molecule has 0 saturated carbocycles. The number of rotatable bonds is 5. The first-order valence-electron chi connectivity index (χ1n) is 6.31. The normalized spacial score (nSPS) is 10.6. The zero-order valence-corrected chi connectivity index (χ0v) is 11.8. The van der Waals surface area contributed by atoms with Gasteiger partial charge >= 0.3 is 6.09 Å². The van der Waals surface area contributed by atoms with Gasteiger partial charge in [0, 0.05) is 5.69 Å². The van der Waals surface area contributed by atoms with Gasteiger partial charge in [-0.3, -0.25) is 10.1 Å². The monoisotopic (exact) mass is 267 g/mol. The molecule has 1 rings (SSSR count). The van der Waals surface area contributed by atoms with Crippen LogP contribution in [0.15, 0.2) is 0 Å². The summed E-state index contributed by atoms with van der Waals surface area (Å²) in [5.74, 6) is 0.156. The van der Waals surface area contributed by atoms with Gasteiger partial charge in [-0.15, -0.1) is 0 Å². The molecule has 19 heavy (non-hydrogen) atoms. The van der Waals surface area contributed by atoms with Gasteiger partial charge in [-0.25, -0.2) is 4.79 Å². The lowest BCUT2D eigenvalue weighted by Gasteiger charge is -2.04. The largest absolute Gasteiger partial charge is 0.450 e. The summed E-state index contributed by atoms with van der Waals surface area (Å²) in [6.45, 7) is 7.92. The van der Waals surface area contributed by atoms with E-state index in [0.29, 0.717) is 17.3 Å². The van der Waals surface area contributed by atoms with E-state index in [4.69, 9.17) is 10.5 Å². The Morgan fingerprint density at radius 2 is 2.05 bits per heavy atom. The third kappa shape index (κ3) is 3.74. The van der Waals surface area contributed by atoms with Crippen molar-refractivity contribution in [1.82, 2.24) is 4.98 Å². The number of anilines is 1. The molecule has 0 radical (unpaired) electrons. The van der Waals surface area contributed by atoms with Crippen LogP contribution >= 0.6 is 0 Å². The quantitative estimate of drug-likeness (QED) is 0.762. The molecule has 0 saturated heterocycles. The molecule has 1 aromatic heterocycles. The van der Waals surface area contributed by atoms with Crippen molar-refractivity contribution in [3.8, 4) is 0 Å². The van der Waals surface area contributed by atoms with Crippen LogP contribution in [0, 0.1) is 12.8 Å². The van der Waals surface area contributed by atoms with Gasteiger partial charge in [-0.05, 0) is 31.7 Å². The van der Waals surface area contributed by atoms with Gasteiger partial charge in [0.2, 0.25) is 0 Å². The fraction of sp³-hybridized carbons (Fsp3) is 0.538. The van der Waals surface area contributed by atoms with E-state index in [1.165, 1.54) is 0 Å². The summed E-state index contributed by atoms with van der Waals surface area (Å²) in [6, 6.07) is 0. The molecule has 0 aromatic carbocycles. The highest BCUT2D eigenvalue weighted by molar-refractivity contribution is 6.02. The Labute approximate surface area is 112 Å². The minimum atomic E-state index is -0.609. The second-order valence-corrected chi connectivity index (χ2v) is 4.79. The van der Waals surface area contributed by atoms with Crippen molar-refractivity contribution in [2.75, 3.05) is 11.9 Å². The second-order valence-electron chi connectivity index (χ2n) is 4.79. The minimum Gasteiger partial charge on any atom is -0.450 e. The number of ether oxygens (including phenoxy) is 1. The highest BCUT2D eigenvalue weighted by Gasteiger charge is 2.20. The van der Waals surface area contributed by atoms with Crippen LogP contribution in [0.3, 0.4) is 0 Å². The Hall–Kier alpha value is -1.98. The summed E-state index contributed by atoms with van der Waals surface area (Å²) in [5.41, 5.74) is 7.34. The molecule has 0 bridgehead atoms. The van der Waals surface area contributed by atoms with E-state index in [0.717, 1.165) is 17.7 Å². The van der Waals surface area contributed by atoms with Gasteiger partial charge in [0.15, 0.2) is 0 Å². The first kappa shape index (κ1) is 15.1. The van der Waals surface area contributed by atoms with E-state index < -0.39 is 12.0 Å². The second kappa shape index (κ2) is 6.26. The van der Waals surface area contributed by atoms with Crippen molar-refractivity contribution in [3.05, 3.63) is 16.8 Å². The van der Waals surface area contributed by atoms with Crippen molar-refractivity contribution in [1.29, 1.82) is 0 Å². The molecule has 0 unspecified atom stereocenters. The van der Waals surface area contributed by atoms with Crippen LogP contribution in [0.4, 0.5) is 10.6 Å². The predicted molar refractivity (Wildman–Crippen MR) is 73.2 cm³/mol. The van der Waals surface area contributed by atoms with Crippen LogP contribution in [-0.2, 0) is 11.2 Å². The number of aromatic amines is 1. The Kier molecular flexibility index (Phi) is 4.97. The highest BCUT2D eigenvalue weighted by atomic mass is 16.5. The molecule has 0 atom stereocenters. The summed E-state index contributed by atoms with van der Waals surface area (Å²) >= 11 is 0. The van der Waals surface area contributed by atoms with Crippen molar-refractivity contribution >= 4 is 17.8 Å². The number of primary amides is 1. The van der Waals surface area contributed by atoms with Crippen LogP contribution in [-0.4, -0.2) is 23.6 Å². The van der Waals surface area contributed by atoms with Gasteiger partial charge in [0.05, 0.1) is 12.2 Å². The molecule has 4 N–H and O–H groups in total. The summed E-state index contributed by atoms with van der Waals surface area (Å²) in [5, 5.41) is 2.51. The fourth-order valence-corrected chi connectivity index (χ4v) is 1.93. The van der Waals surface area contributed by atoms with Crippen LogP contribution in [0.25, 0.3) is 0 Å². The molecule has 6 heteroatoms. The topological polar surface area (TPSA) is 97.2 Å². The van der Waals surface area contributed by atoms with E-state index in [2.05, 4.69) is 24.1 Å². The molecule has 0 spiro atoms. The lowest BCUT2D eigenvalue weighted by Crippen LogP contribution is -2.18. The van der Waals surface area contributed by atoms with Gasteiger partial charge in [-0.1, -0.05) is 13.8 Å². The number of carbonyl (C=O) groups excluding carboxylic acids is 2. The first-order valence-corrected chi connectivity index (χ1v) is 6.31. The van der Waals surface area contributed by atoms with E-state index in [1.54, 1.807) is 6.92 Å². The van der Waals surface area contributed by atoms with Gasteiger partial charge in [0.25, 0.3) is 5.91 Å². The van der Waals surface area contributed by atoms with Crippen LogP contribution < -0.4 is 11.1 Å². The van der Waals surface area contributed by atoms with Crippen molar-refractivity contribution < 1.29 is 14.3 Å². The van der Waals surface area contributed by atoms with E-state index in [1.807, 2.05) is 6.92 Å². The maximum atomic E-state index is 11.5. The van der Waals surface area contributed by atoms with Crippen LogP contribution in [0.1, 0.15) is 42.4 Å². The standard InChI is InChI=1S/C13H21N3O3/c1-5-19-13(18)16-12-10(11(14)17)8(4)9(15-12)6-7(2)3/h7,15H,5-6H2,1-4H3,(H2,14,17)(H,16,18). The van der Waals surface area contributed by atoms with Crippen LogP contribution in [0.2, 0.25) is 0 Å². The Bertz CT molecular complexity index is 478. The van der Waals surface area contributed by atoms with Gasteiger partial charge in [-0.2, -0.15) is 0 Å². The number of nitrogens with two attached hydrogens (primary N) is 1. The number of aromatic nitrogens is 1. The van der Waals surface area contributed by atoms with E-state index in [9.17, 15) is 9.59 Å². The summed E-state index contributed by atoms with van der Waals surface area (Å²) in [4.78, 5) is 26.0. The van der Waals surface area contributed by atoms with E-state index >= 15 is 0 Å². The number of nitrogens with one attached hydrogen (secondary N) is 2. The zero-order chi connectivity index (χ0) is 14.6. The Balaban J connectivity index is 3.08. The SMILES string of the molecule is CCOC(=O)Nc1[nH]c(CC(C)C)c(C)c1C(N)=O. The molecule has 106 valence electrons. The molecule has 2 amide bonds. The van der Waals surface area contributed by atoms with Crippen molar-refractivity contribution in [2.45, 2.75) is 34.1 Å². The number of hydrogen-bond donors (Lipinski definition) is 3. The molecular weight excluding hydrogens is 246 g/mol. The molecule has 0 aliphatic heterocycles. The molecular formula is C13H21N3O3. The fourth-order valence-electron chi connectivity index (χ4n) is 1.93. The molecule has 6 nitrogen and oxygen atoms in total. The molecule has 0 aliphatic carbocycles. The van der Waals surface area contributed by atoms with Crippen LogP contribution in [0.5, 0.6) is 0 Å². The lowest BCUT2D eigenvalue weighted by atomic mass is 10.0. The number of H-pyrrole nitrogens is 1. The molecule has 0 fully saturated rings. The Morgan fingerprint density at radius 1 is 1.42 bits per heavy atom. The third-order valence-electron chi connectivity index (χ3n) is 2.71. The third-order valence-corrected chi connectivity index (χ3v) is 2.71. The van der Waals surface area contributed by atoms with Crippen molar-refractivity contribution in [3.63, 3.8) is 0 Å². The zero-order valence-electron chi connectivity index (χ0n) is 11.8. The van der Waals surface area contributed by atoms with E-state index in [-0.39, 0.29) is 6.61 Å². The number of amides is 2. The maximum absolute atomic E-state index is 11.5. The minimum absolute atomic E-state index is 0.260. The maximum Gasteiger partial charge on any atom is 0.412 e. The molecule has 1 aromatic rings. The predicted octanol–water partition coefficient (Wildman–Crippen LogP) is 2.19. The smallest absolute Gasteiger partial charge is 0.412 e. The summed E-state index contributed by atoms with van der Waals surface area (Å²) in [7, 11) is 0.